The van der Waals surface area contributed by atoms with E-state index in [4.69, 9.17) is 4.74 Å². The number of carboxylic acid groups (broad SMARTS) is 1. The second-order valence-corrected chi connectivity index (χ2v) is 6.76. The highest BCUT2D eigenvalue weighted by atomic mass is 19.3. The van der Waals surface area contributed by atoms with Gasteiger partial charge in [0.05, 0.1) is 5.41 Å². The first-order chi connectivity index (χ1) is 12.4. The fraction of sp³-hybridized carbons (Fsp3) is 0.588. The van der Waals surface area contributed by atoms with Crippen molar-refractivity contribution in [1.82, 2.24) is 15.2 Å². The number of urea groups is 1. The summed E-state index contributed by atoms with van der Waals surface area (Å²) in [4.78, 5) is 29.5. The summed E-state index contributed by atoms with van der Waals surface area (Å²) >= 11 is 0. The largest absolute Gasteiger partial charge is 0.481 e. The summed E-state index contributed by atoms with van der Waals surface area (Å²) in [5, 5.41) is 12.3. The number of rotatable bonds is 6. The van der Waals surface area contributed by atoms with Gasteiger partial charge >= 0.3 is 12.0 Å². The molecule has 1 aromatic heterocycles. The van der Waals surface area contributed by atoms with Crippen LogP contribution in [0, 0.1) is 11.3 Å². The van der Waals surface area contributed by atoms with E-state index in [1.165, 1.54) is 11.1 Å². The number of hydrogen-bond donors (Lipinski definition) is 2. The summed E-state index contributed by atoms with van der Waals surface area (Å²) in [6.45, 7) is -0.0973. The zero-order valence-corrected chi connectivity index (χ0v) is 14.2. The van der Waals surface area contributed by atoms with E-state index in [2.05, 4.69) is 10.3 Å². The van der Waals surface area contributed by atoms with Gasteiger partial charge in [0.15, 0.2) is 6.61 Å². The van der Waals surface area contributed by atoms with E-state index in [9.17, 15) is 23.5 Å². The maximum atomic E-state index is 12.4. The maximum absolute atomic E-state index is 12.4. The molecule has 2 aliphatic rings. The summed E-state index contributed by atoms with van der Waals surface area (Å²) in [5.74, 6) is -0.812. The van der Waals surface area contributed by atoms with Crippen LogP contribution in [0.2, 0.25) is 0 Å². The van der Waals surface area contributed by atoms with Gasteiger partial charge < -0.3 is 20.1 Å². The van der Waals surface area contributed by atoms with Crippen molar-refractivity contribution in [1.29, 1.82) is 0 Å². The number of fused-ring (bicyclic) bond motifs is 1. The number of carboxylic acids is 1. The van der Waals surface area contributed by atoms with Crippen molar-refractivity contribution < 1.29 is 28.2 Å². The van der Waals surface area contributed by atoms with E-state index < -0.39 is 24.4 Å². The number of hydrogen-bond acceptors (Lipinski definition) is 4. The Kier molecular flexibility index (Phi) is 5.24. The number of nitrogens with one attached hydrogen (secondary N) is 1. The molecule has 0 spiro atoms. The molecule has 0 aromatic carbocycles. The number of aliphatic carboxylic acids is 1. The zero-order valence-electron chi connectivity index (χ0n) is 14.2. The molecular formula is C17H21F2N3O4. The van der Waals surface area contributed by atoms with Gasteiger partial charge in [-0.15, -0.1) is 0 Å². The third kappa shape index (κ3) is 3.56. The average molecular weight is 369 g/mol. The molecule has 1 aliphatic carbocycles. The number of pyridine rings is 1. The van der Waals surface area contributed by atoms with E-state index in [0.717, 1.165) is 12.8 Å². The van der Waals surface area contributed by atoms with Gasteiger partial charge in [0.25, 0.3) is 6.43 Å². The minimum Gasteiger partial charge on any atom is -0.481 e. The van der Waals surface area contributed by atoms with Crippen LogP contribution in [0.15, 0.2) is 18.3 Å². The van der Waals surface area contributed by atoms with Gasteiger partial charge in [-0.2, -0.15) is 0 Å². The molecule has 3 rings (SSSR count). The van der Waals surface area contributed by atoms with E-state index in [1.807, 2.05) is 0 Å². The summed E-state index contributed by atoms with van der Waals surface area (Å²) in [5.41, 5.74) is -0.356. The lowest BCUT2D eigenvalue weighted by Gasteiger charge is -2.23. The van der Waals surface area contributed by atoms with Gasteiger partial charge in [-0.05, 0) is 24.8 Å². The number of likely N-dealkylation sites (tertiary alicyclic amines) is 1. The van der Waals surface area contributed by atoms with Gasteiger partial charge in [-0.3, -0.25) is 4.79 Å². The fourth-order valence-corrected chi connectivity index (χ4v) is 3.91. The second-order valence-electron chi connectivity index (χ2n) is 6.76. The number of amides is 2. The topological polar surface area (TPSA) is 91.8 Å². The predicted molar refractivity (Wildman–Crippen MR) is 87.0 cm³/mol. The number of carbonyl (C=O) groups excluding carboxylic acids is 1. The fourth-order valence-electron chi connectivity index (χ4n) is 3.91. The normalized spacial score (nSPS) is 24.6. The minimum atomic E-state index is -2.62. The van der Waals surface area contributed by atoms with E-state index in [1.54, 1.807) is 12.1 Å². The predicted octanol–water partition coefficient (Wildman–Crippen LogP) is 2.12. The molecular weight excluding hydrogens is 348 g/mol. The standard InChI is InChI=1S/C17H21F2N3O4/c18-13(19)9-26-14-11(3-2-6-20-14)7-21-16(25)22-8-12-4-1-5-17(12,10-22)15(23)24/h2-3,6,12-13H,1,4-5,7-10H2,(H,21,25)(H,23,24)/t12-,17+/m0/s1. The first kappa shape index (κ1) is 18.3. The third-order valence-corrected chi connectivity index (χ3v) is 5.21. The lowest BCUT2D eigenvalue weighted by Crippen LogP contribution is -2.41. The quantitative estimate of drug-likeness (QED) is 0.801. The second kappa shape index (κ2) is 7.43. The molecule has 7 nitrogen and oxygen atoms in total. The Morgan fingerprint density at radius 2 is 2.31 bits per heavy atom. The van der Waals surface area contributed by atoms with E-state index >= 15 is 0 Å². The molecule has 26 heavy (non-hydrogen) atoms. The number of nitrogens with zero attached hydrogens (tertiary/aromatic N) is 2. The van der Waals surface area contributed by atoms with Crippen LogP contribution in [-0.2, 0) is 11.3 Å². The first-order valence-electron chi connectivity index (χ1n) is 8.53. The molecule has 1 saturated heterocycles. The van der Waals surface area contributed by atoms with Crippen molar-refractivity contribution in [3.05, 3.63) is 23.9 Å². The van der Waals surface area contributed by atoms with Crippen LogP contribution >= 0.6 is 0 Å². The minimum absolute atomic E-state index is 0.0194. The molecule has 142 valence electrons. The molecule has 2 N–H and O–H groups in total. The Bertz CT molecular complexity index is 688. The van der Waals surface area contributed by atoms with Crippen LogP contribution < -0.4 is 10.1 Å². The smallest absolute Gasteiger partial charge is 0.317 e. The molecule has 2 amide bonds. The van der Waals surface area contributed by atoms with Gasteiger partial charge in [-0.1, -0.05) is 12.5 Å². The summed E-state index contributed by atoms with van der Waals surface area (Å²) in [6.07, 6.45) is 1.07. The number of aromatic nitrogens is 1. The van der Waals surface area contributed by atoms with Gasteiger partial charge in [-0.25, -0.2) is 18.6 Å². The van der Waals surface area contributed by atoms with Crippen molar-refractivity contribution in [2.75, 3.05) is 19.7 Å². The van der Waals surface area contributed by atoms with Crippen LogP contribution in [0.4, 0.5) is 13.6 Å². The summed E-state index contributed by atoms with van der Waals surface area (Å²) in [7, 11) is 0. The maximum Gasteiger partial charge on any atom is 0.317 e. The Balaban J connectivity index is 1.59. The Hall–Kier alpha value is -2.45. The molecule has 9 heteroatoms. The van der Waals surface area contributed by atoms with Crippen molar-refractivity contribution in [3.63, 3.8) is 0 Å². The van der Waals surface area contributed by atoms with Crippen LogP contribution in [0.25, 0.3) is 0 Å². The van der Waals surface area contributed by atoms with E-state index in [-0.39, 0.29) is 30.9 Å². The van der Waals surface area contributed by atoms with Crippen molar-refractivity contribution in [3.8, 4) is 5.88 Å². The number of alkyl halides is 2. The molecule has 1 saturated carbocycles. The monoisotopic (exact) mass is 369 g/mol. The lowest BCUT2D eigenvalue weighted by molar-refractivity contribution is -0.149. The average Bonchev–Trinajstić information content (AvgIpc) is 3.17. The molecule has 1 aliphatic heterocycles. The molecule has 0 radical (unpaired) electrons. The van der Waals surface area contributed by atoms with Gasteiger partial charge in [0.1, 0.15) is 0 Å². The van der Waals surface area contributed by atoms with Crippen molar-refractivity contribution in [2.24, 2.45) is 11.3 Å². The van der Waals surface area contributed by atoms with Gasteiger partial charge in [0.2, 0.25) is 5.88 Å². The highest BCUT2D eigenvalue weighted by molar-refractivity contribution is 5.80. The Morgan fingerprint density at radius 3 is 3.00 bits per heavy atom. The Morgan fingerprint density at radius 1 is 1.50 bits per heavy atom. The Labute approximate surface area is 149 Å². The van der Waals surface area contributed by atoms with Crippen LogP contribution in [0.5, 0.6) is 5.88 Å². The summed E-state index contributed by atoms with van der Waals surface area (Å²) in [6, 6.07) is 2.88. The van der Waals surface area contributed by atoms with Crippen LogP contribution in [0.3, 0.4) is 0 Å². The molecule has 2 fully saturated rings. The van der Waals surface area contributed by atoms with Crippen molar-refractivity contribution >= 4 is 12.0 Å². The molecule has 2 heterocycles. The van der Waals surface area contributed by atoms with E-state index in [0.29, 0.717) is 18.5 Å². The molecule has 1 aromatic rings. The van der Waals surface area contributed by atoms with Gasteiger partial charge in [0, 0.05) is 31.4 Å². The van der Waals surface area contributed by atoms with Crippen molar-refractivity contribution in [2.45, 2.75) is 32.2 Å². The molecule has 2 atom stereocenters. The lowest BCUT2D eigenvalue weighted by atomic mass is 9.81. The first-order valence-corrected chi connectivity index (χ1v) is 8.53. The number of ether oxygens (including phenoxy) is 1. The SMILES string of the molecule is O=C(NCc1cccnc1OCC(F)F)N1C[C@@H]2CCC[C@@]2(C(=O)O)C1. The molecule has 0 bridgehead atoms. The third-order valence-electron chi connectivity index (χ3n) is 5.21. The number of carbonyl (C=O) groups is 2. The van der Waals surface area contributed by atoms with Crippen LogP contribution in [0.1, 0.15) is 24.8 Å². The molecule has 0 unspecified atom stereocenters. The number of halogens is 2. The highest BCUT2D eigenvalue weighted by Gasteiger charge is 2.55. The van der Waals surface area contributed by atoms with Crippen LogP contribution in [-0.4, -0.2) is 53.1 Å². The summed E-state index contributed by atoms with van der Waals surface area (Å²) < 4.78 is 29.6. The highest BCUT2D eigenvalue weighted by Crippen LogP contribution is 2.48. The zero-order chi connectivity index (χ0) is 18.7.